The van der Waals surface area contributed by atoms with Crippen molar-refractivity contribution >= 4 is 23.5 Å². The molecule has 4 rings (SSSR count). The van der Waals surface area contributed by atoms with Gasteiger partial charge in [-0.25, -0.2) is 4.98 Å². The number of carbonyl (C=O) groups is 3. The number of allylic oxidation sites excluding steroid dienone is 2. The van der Waals surface area contributed by atoms with Crippen LogP contribution in [0.4, 0.5) is 5.82 Å². The van der Waals surface area contributed by atoms with Gasteiger partial charge in [-0.15, -0.1) is 0 Å². The molecule has 2 aliphatic carbocycles. The van der Waals surface area contributed by atoms with Gasteiger partial charge < -0.3 is 5.32 Å². The molecule has 0 unspecified atom stereocenters. The van der Waals surface area contributed by atoms with Crippen molar-refractivity contribution in [2.45, 2.75) is 6.42 Å². The van der Waals surface area contributed by atoms with E-state index >= 15 is 0 Å². The molecule has 1 saturated carbocycles. The number of nitrogens with zero attached hydrogens (tertiary/aromatic N) is 2. The highest BCUT2D eigenvalue weighted by atomic mass is 16.2. The van der Waals surface area contributed by atoms with Crippen LogP contribution >= 0.6 is 0 Å². The molecule has 2 bridgehead atoms. The van der Waals surface area contributed by atoms with Crippen LogP contribution in [0.2, 0.25) is 0 Å². The Balaban J connectivity index is 1.47. The van der Waals surface area contributed by atoms with Crippen LogP contribution in [-0.2, 0) is 14.4 Å². The Morgan fingerprint density at radius 1 is 1.18 bits per heavy atom. The molecular weight excluding hydrogens is 282 g/mol. The van der Waals surface area contributed by atoms with Crippen molar-refractivity contribution in [1.29, 1.82) is 0 Å². The number of amides is 3. The largest absolute Gasteiger partial charge is 0.309 e. The highest BCUT2D eigenvalue weighted by molar-refractivity contribution is 6.09. The van der Waals surface area contributed by atoms with Crippen molar-refractivity contribution in [2.24, 2.45) is 23.7 Å². The van der Waals surface area contributed by atoms with E-state index in [1.165, 1.54) is 0 Å². The Morgan fingerprint density at radius 2 is 1.86 bits per heavy atom. The maximum Gasteiger partial charge on any atom is 0.245 e. The predicted octanol–water partition coefficient (Wildman–Crippen LogP) is 0.827. The minimum Gasteiger partial charge on any atom is -0.309 e. The number of hydrogen-bond acceptors (Lipinski definition) is 4. The second-order valence-electron chi connectivity index (χ2n) is 6.03. The fourth-order valence-corrected chi connectivity index (χ4v) is 3.88. The van der Waals surface area contributed by atoms with Crippen LogP contribution in [0.25, 0.3) is 0 Å². The molecule has 0 radical (unpaired) electrons. The van der Waals surface area contributed by atoms with Crippen LogP contribution < -0.4 is 5.32 Å². The van der Waals surface area contributed by atoms with Crippen LogP contribution in [0.15, 0.2) is 36.5 Å². The van der Waals surface area contributed by atoms with Crippen molar-refractivity contribution in [1.82, 2.24) is 9.88 Å². The summed E-state index contributed by atoms with van der Waals surface area (Å²) in [5.74, 6) is -0.596. The molecule has 4 atom stereocenters. The van der Waals surface area contributed by atoms with Crippen LogP contribution in [0.3, 0.4) is 0 Å². The van der Waals surface area contributed by atoms with Crippen LogP contribution in [0, 0.1) is 23.7 Å². The first-order valence-corrected chi connectivity index (χ1v) is 7.39. The first-order chi connectivity index (χ1) is 10.6. The summed E-state index contributed by atoms with van der Waals surface area (Å²) < 4.78 is 0. The number of rotatable bonds is 3. The second kappa shape index (κ2) is 4.76. The van der Waals surface area contributed by atoms with E-state index in [1.807, 2.05) is 12.2 Å². The van der Waals surface area contributed by atoms with E-state index in [0.29, 0.717) is 5.82 Å². The zero-order valence-electron chi connectivity index (χ0n) is 11.8. The van der Waals surface area contributed by atoms with E-state index in [-0.39, 0.29) is 42.0 Å². The summed E-state index contributed by atoms with van der Waals surface area (Å²) in [4.78, 5) is 42.0. The molecule has 3 amide bonds. The van der Waals surface area contributed by atoms with Gasteiger partial charge in [-0.2, -0.15) is 0 Å². The van der Waals surface area contributed by atoms with Crippen molar-refractivity contribution in [3.05, 3.63) is 36.5 Å². The Morgan fingerprint density at radius 3 is 2.45 bits per heavy atom. The molecule has 3 aliphatic rings. The van der Waals surface area contributed by atoms with E-state index in [0.717, 1.165) is 11.3 Å². The molecule has 1 aliphatic heterocycles. The number of nitrogens with one attached hydrogen (secondary N) is 1. The lowest BCUT2D eigenvalue weighted by atomic mass is 9.85. The summed E-state index contributed by atoms with van der Waals surface area (Å²) in [5, 5.41) is 2.60. The van der Waals surface area contributed by atoms with Gasteiger partial charge in [0.25, 0.3) is 0 Å². The molecule has 112 valence electrons. The van der Waals surface area contributed by atoms with Crippen molar-refractivity contribution < 1.29 is 14.4 Å². The van der Waals surface area contributed by atoms with Crippen molar-refractivity contribution in [3.8, 4) is 0 Å². The molecule has 0 aromatic carbocycles. The number of carbonyl (C=O) groups excluding carboxylic acids is 3. The molecule has 2 fully saturated rings. The Hall–Kier alpha value is -2.50. The van der Waals surface area contributed by atoms with Crippen molar-refractivity contribution in [2.75, 3.05) is 11.9 Å². The van der Waals surface area contributed by atoms with E-state index in [1.54, 1.807) is 24.4 Å². The van der Waals surface area contributed by atoms with Gasteiger partial charge in [0.05, 0.1) is 11.8 Å². The lowest BCUT2D eigenvalue weighted by molar-refractivity contribution is -0.143. The number of fused-ring (bicyclic) bond motifs is 5. The lowest BCUT2D eigenvalue weighted by Gasteiger charge is -2.16. The molecule has 1 N–H and O–H groups in total. The molecule has 6 heteroatoms. The van der Waals surface area contributed by atoms with Crippen LogP contribution in [0.5, 0.6) is 0 Å². The third-order valence-electron chi connectivity index (χ3n) is 4.80. The molecule has 22 heavy (non-hydrogen) atoms. The summed E-state index contributed by atoms with van der Waals surface area (Å²) >= 11 is 0. The van der Waals surface area contributed by atoms with E-state index in [4.69, 9.17) is 0 Å². The Kier molecular flexibility index (Phi) is 2.85. The van der Waals surface area contributed by atoms with Gasteiger partial charge in [0.1, 0.15) is 12.4 Å². The van der Waals surface area contributed by atoms with Gasteiger partial charge in [0, 0.05) is 6.20 Å². The number of pyridine rings is 1. The zero-order valence-corrected chi connectivity index (χ0v) is 11.8. The van der Waals surface area contributed by atoms with Gasteiger partial charge in [-0.3, -0.25) is 19.3 Å². The summed E-state index contributed by atoms with van der Waals surface area (Å²) in [5.41, 5.74) is 0. The number of likely N-dealkylation sites (tertiary alicyclic amines) is 1. The molecule has 1 aromatic rings. The Labute approximate surface area is 127 Å². The topological polar surface area (TPSA) is 79.4 Å². The van der Waals surface area contributed by atoms with E-state index < -0.39 is 5.91 Å². The van der Waals surface area contributed by atoms with Gasteiger partial charge in [0.15, 0.2) is 0 Å². The average Bonchev–Trinajstić information content (AvgIpc) is 3.18. The third kappa shape index (κ3) is 1.87. The van der Waals surface area contributed by atoms with E-state index in [2.05, 4.69) is 10.3 Å². The predicted molar refractivity (Wildman–Crippen MR) is 77.3 cm³/mol. The Bertz CT molecular complexity index is 655. The quantitative estimate of drug-likeness (QED) is 0.662. The summed E-state index contributed by atoms with van der Waals surface area (Å²) in [6, 6.07) is 5.15. The SMILES string of the molecule is O=C(CN1C(=O)[C@@H]2[C@H](C1=O)[C@@H]1C=C[C@H]2C1)Nc1ccccn1. The monoisotopic (exact) mass is 297 g/mol. The highest BCUT2D eigenvalue weighted by Crippen LogP contribution is 2.52. The number of hydrogen-bond donors (Lipinski definition) is 1. The summed E-state index contributed by atoms with van der Waals surface area (Å²) in [6.07, 6.45) is 6.53. The molecule has 0 spiro atoms. The first kappa shape index (κ1) is 13.2. The molecule has 6 nitrogen and oxygen atoms in total. The number of aromatic nitrogens is 1. The maximum atomic E-state index is 12.5. The summed E-state index contributed by atoms with van der Waals surface area (Å²) in [6.45, 7) is -0.235. The van der Waals surface area contributed by atoms with E-state index in [9.17, 15) is 14.4 Å². The smallest absolute Gasteiger partial charge is 0.245 e. The van der Waals surface area contributed by atoms with Crippen LogP contribution in [-0.4, -0.2) is 34.2 Å². The minimum atomic E-state index is -0.402. The minimum absolute atomic E-state index is 0.162. The zero-order chi connectivity index (χ0) is 15.3. The fourth-order valence-electron chi connectivity index (χ4n) is 3.88. The van der Waals surface area contributed by atoms with Gasteiger partial charge in [-0.05, 0) is 30.4 Å². The molecule has 1 saturated heterocycles. The average molecular weight is 297 g/mol. The van der Waals surface area contributed by atoms with Gasteiger partial charge >= 0.3 is 0 Å². The number of imide groups is 1. The molecule has 1 aromatic heterocycles. The third-order valence-corrected chi connectivity index (χ3v) is 4.80. The highest BCUT2D eigenvalue weighted by Gasteiger charge is 2.59. The van der Waals surface area contributed by atoms with Crippen molar-refractivity contribution in [3.63, 3.8) is 0 Å². The van der Waals surface area contributed by atoms with Crippen LogP contribution in [0.1, 0.15) is 6.42 Å². The van der Waals surface area contributed by atoms with Gasteiger partial charge in [-0.1, -0.05) is 18.2 Å². The summed E-state index contributed by atoms with van der Waals surface area (Å²) in [7, 11) is 0. The molecule has 2 heterocycles. The normalized spacial score (nSPS) is 31.7. The second-order valence-corrected chi connectivity index (χ2v) is 6.03. The first-order valence-electron chi connectivity index (χ1n) is 7.39. The fraction of sp³-hybridized carbons (Fsp3) is 0.375. The van der Waals surface area contributed by atoms with Gasteiger partial charge in [0.2, 0.25) is 17.7 Å². The number of anilines is 1. The lowest BCUT2D eigenvalue weighted by Crippen LogP contribution is -2.39. The molecular formula is C16H15N3O3. The standard InChI is InChI=1S/C16H15N3O3/c20-12(18-11-3-1-2-6-17-11)8-19-15(21)13-9-4-5-10(7-9)14(13)16(19)22/h1-6,9-10,13-14H,7-8H2,(H,17,18,20)/t9-,10+,13-,14+. The maximum absolute atomic E-state index is 12.5.